The molecule has 7 heteroatoms. The summed E-state index contributed by atoms with van der Waals surface area (Å²) in [6.07, 6.45) is 0.815. The number of halogens is 2. The molecule has 0 aliphatic heterocycles. The fourth-order valence-corrected chi connectivity index (χ4v) is 4.20. The van der Waals surface area contributed by atoms with Gasteiger partial charge in [0.25, 0.3) is 0 Å². The summed E-state index contributed by atoms with van der Waals surface area (Å²) in [5.41, 5.74) is 1.80. The minimum Gasteiger partial charge on any atom is -0.352 e. The highest BCUT2D eigenvalue weighted by Crippen LogP contribution is 2.27. The summed E-state index contributed by atoms with van der Waals surface area (Å²) in [5, 5.41) is 3.91. The number of benzene rings is 2. The van der Waals surface area contributed by atoms with Crippen LogP contribution in [0, 0.1) is 0 Å². The van der Waals surface area contributed by atoms with Crippen molar-refractivity contribution in [2.75, 3.05) is 5.75 Å². The Kier molecular flexibility index (Phi) is 10.0. The van der Waals surface area contributed by atoms with Gasteiger partial charge in [0.2, 0.25) is 11.8 Å². The van der Waals surface area contributed by atoms with E-state index in [-0.39, 0.29) is 30.2 Å². The van der Waals surface area contributed by atoms with E-state index in [0.717, 1.165) is 17.7 Å². The van der Waals surface area contributed by atoms with Gasteiger partial charge in [-0.2, -0.15) is 0 Å². The maximum atomic E-state index is 13.1. The summed E-state index contributed by atoms with van der Waals surface area (Å²) in [6, 6.07) is 14.6. The fourth-order valence-electron chi connectivity index (χ4n) is 2.82. The number of hydrogen-bond acceptors (Lipinski definition) is 3. The van der Waals surface area contributed by atoms with Crippen molar-refractivity contribution in [3.05, 3.63) is 69.7 Å². The standard InChI is InChI=1S/C23H28Cl2N2O2S/c1-4-16(2)26-23(29)17(3)27(13-19-20(24)11-8-12-21(19)25)22(28)15-30-14-18-9-6-5-7-10-18/h5-12,16-17H,4,13-15H2,1-3H3,(H,26,29)/t16-,17+/m0/s1. The predicted molar refractivity (Wildman–Crippen MR) is 127 cm³/mol. The average Bonchev–Trinajstić information content (AvgIpc) is 2.73. The van der Waals surface area contributed by atoms with Crippen LogP contribution in [0.4, 0.5) is 0 Å². The number of thioether (sulfide) groups is 1. The minimum absolute atomic E-state index is 0.0354. The van der Waals surface area contributed by atoms with Gasteiger partial charge in [-0.3, -0.25) is 9.59 Å². The molecule has 2 atom stereocenters. The first-order valence-electron chi connectivity index (χ1n) is 9.97. The second kappa shape index (κ2) is 12.2. The first-order chi connectivity index (χ1) is 14.3. The second-order valence-electron chi connectivity index (χ2n) is 7.19. The van der Waals surface area contributed by atoms with Gasteiger partial charge >= 0.3 is 0 Å². The highest BCUT2D eigenvalue weighted by atomic mass is 35.5. The number of hydrogen-bond donors (Lipinski definition) is 1. The lowest BCUT2D eigenvalue weighted by molar-refractivity contribution is -0.138. The summed E-state index contributed by atoms with van der Waals surface area (Å²) >= 11 is 14.2. The van der Waals surface area contributed by atoms with Crippen LogP contribution in [0.3, 0.4) is 0 Å². The van der Waals surface area contributed by atoms with Crippen LogP contribution < -0.4 is 5.32 Å². The lowest BCUT2D eigenvalue weighted by Crippen LogP contribution is -2.50. The van der Waals surface area contributed by atoms with Crippen LogP contribution in [0.25, 0.3) is 0 Å². The Labute approximate surface area is 193 Å². The van der Waals surface area contributed by atoms with E-state index in [1.54, 1.807) is 30.0 Å². The molecule has 2 aromatic rings. The third kappa shape index (κ3) is 7.22. The molecule has 0 aliphatic rings. The average molecular weight is 467 g/mol. The first-order valence-corrected chi connectivity index (χ1v) is 11.9. The molecule has 2 aromatic carbocycles. The number of carbonyl (C=O) groups excluding carboxylic acids is 2. The summed E-state index contributed by atoms with van der Waals surface area (Å²) in [7, 11) is 0. The van der Waals surface area contributed by atoms with E-state index in [0.29, 0.717) is 15.6 Å². The smallest absolute Gasteiger partial charge is 0.242 e. The molecule has 0 unspecified atom stereocenters. The number of nitrogens with one attached hydrogen (secondary N) is 1. The van der Waals surface area contributed by atoms with Crippen molar-refractivity contribution >= 4 is 46.8 Å². The van der Waals surface area contributed by atoms with E-state index >= 15 is 0 Å². The van der Waals surface area contributed by atoms with Crippen LogP contribution in [0.5, 0.6) is 0 Å². The van der Waals surface area contributed by atoms with E-state index in [1.807, 2.05) is 44.2 Å². The summed E-state index contributed by atoms with van der Waals surface area (Å²) in [4.78, 5) is 27.4. The molecular formula is C23H28Cl2N2O2S. The van der Waals surface area contributed by atoms with Crippen molar-refractivity contribution in [1.29, 1.82) is 0 Å². The van der Waals surface area contributed by atoms with Gasteiger partial charge in [-0.05, 0) is 38.0 Å². The SMILES string of the molecule is CC[C@H](C)NC(=O)[C@@H](C)N(Cc1c(Cl)cccc1Cl)C(=O)CSCc1ccccc1. The lowest BCUT2D eigenvalue weighted by atomic mass is 10.1. The van der Waals surface area contributed by atoms with Gasteiger partial charge in [0.05, 0.1) is 5.75 Å². The topological polar surface area (TPSA) is 49.4 Å². The second-order valence-corrected chi connectivity index (χ2v) is 8.99. The van der Waals surface area contributed by atoms with Crippen molar-refractivity contribution in [1.82, 2.24) is 10.2 Å². The van der Waals surface area contributed by atoms with Gasteiger partial charge in [-0.25, -0.2) is 0 Å². The Balaban J connectivity index is 2.14. The molecule has 4 nitrogen and oxygen atoms in total. The molecule has 0 aliphatic carbocycles. The van der Waals surface area contributed by atoms with Gasteiger partial charge in [0.1, 0.15) is 6.04 Å². The molecule has 2 rings (SSSR count). The van der Waals surface area contributed by atoms with Crippen LogP contribution in [0.2, 0.25) is 10.0 Å². The van der Waals surface area contributed by atoms with Gasteiger partial charge < -0.3 is 10.2 Å². The van der Waals surface area contributed by atoms with E-state index < -0.39 is 6.04 Å². The van der Waals surface area contributed by atoms with Crippen LogP contribution in [0.15, 0.2) is 48.5 Å². The Hall–Kier alpha value is -1.69. The fraction of sp³-hybridized carbons (Fsp3) is 0.391. The van der Waals surface area contributed by atoms with Crippen LogP contribution >= 0.6 is 35.0 Å². The molecule has 0 heterocycles. The van der Waals surface area contributed by atoms with E-state index in [1.165, 1.54) is 11.8 Å². The zero-order valence-corrected chi connectivity index (χ0v) is 19.9. The third-order valence-corrected chi connectivity index (χ3v) is 6.59. The number of amides is 2. The van der Waals surface area contributed by atoms with Crippen LogP contribution in [-0.2, 0) is 21.9 Å². The number of carbonyl (C=O) groups is 2. The zero-order valence-electron chi connectivity index (χ0n) is 17.5. The quantitative estimate of drug-likeness (QED) is 0.498. The molecular weight excluding hydrogens is 439 g/mol. The molecule has 0 aromatic heterocycles. The largest absolute Gasteiger partial charge is 0.352 e. The van der Waals surface area contributed by atoms with Gasteiger partial charge in [-0.15, -0.1) is 11.8 Å². The number of nitrogens with zero attached hydrogens (tertiary/aromatic N) is 1. The molecule has 0 saturated carbocycles. The Bertz CT molecular complexity index is 828. The summed E-state index contributed by atoms with van der Waals surface area (Å²) in [5.74, 6) is 0.672. The molecule has 0 bridgehead atoms. The third-order valence-electron chi connectivity index (χ3n) is 4.90. The van der Waals surface area contributed by atoms with Crippen molar-refractivity contribution in [2.45, 2.75) is 51.6 Å². The predicted octanol–water partition coefficient (Wildman–Crippen LogP) is 5.56. The monoisotopic (exact) mass is 466 g/mol. The zero-order chi connectivity index (χ0) is 22.1. The molecule has 0 spiro atoms. The maximum absolute atomic E-state index is 13.1. The normalized spacial score (nSPS) is 12.8. The van der Waals surface area contributed by atoms with Crippen LogP contribution in [-0.4, -0.2) is 34.6 Å². The highest BCUT2D eigenvalue weighted by molar-refractivity contribution is 7.99. The van der Waals surface area contributed by atoms with Gasteiger partial charge in [-0.1, -0.05) is 66.5 Å². The van der Waals surface area contributed by atoms with Gasteiger partial charge in [0, 0.05) is 33.9 Å². The first kappa shape index (κ1) is 24.6. The Morgan fingerprint density at radius 2 is 1.67 bits per heavy atom. The van der Waals surface area contributed by atoms with E-state index in [9.17, 15) is 9.59 Å². The molecule has 2 amide bonds. The molecule has 0 saturated heterocycles. The Morgan fingerprint density at radius 1 is 1.03 bits per heavy atom. The molecule has 0 fully saturated rings. The van der Waals surface area contributed by atoms with Gasteiger partial charge in [0.15, 0.2) is 0 Å². The van der Waals surface area contributed by atoms with Crippen molar-refractivity contribution in [3.8, 4) is 0 Å². The minimum atomic E-state index is -0.642. The Morgan fingerprint density at radius 3 is 2.27 bits per heavy atom. The molecule has 0 radical (unpaired) electrons. The van der Waals surface area contributed by atoms with Crippen molar-refractivity contribution < 1.29 is 9.59 Å². The molecule has 162 valence electrons. The lowest BCUT2D eigenvalue weighted by Gasteiger charge is -2.30. The molecule has 30 heavy (non-hydrogen) atoms. The summed E-state index contributed by atoms with van der Waals surface area (Å²) in [6.45, 7) is 5.86. The van der Waals surface area contributed by atoms with Crippen molar-refractivity contribution in [3.63, 3.8) is 0 Å². The van der Waals surface area contributed by atoms with E-state index in [2.05, 4.69) is 5.32 Å². The van der Waals surface area contributed by atoms with E-state index in [4.69, 9.17) is 23.2 Å². The number of rotatable bonds is 10. The highest BCUT2D eigenvalue weighted by Gasteiger charge is 2.27. The maximum Gasteiger partial charge on any atom is 0.242 e. The summed E-state index contributed by atoms with van der Waals surface area (Å²) < 4.78 is 0. The van der Waals surface area contributed by atoms with Crippen LogP contribution in [0.1, 0.15) is 38.3 Å². The van der Waals surface area contributed by atoms with Crippen molar-refractivity contribution in [2.24, 2.45) is 0 Å². The molecule has 1 N–H and O–H groups in total.